The number of piperazine rings is 1. The van der Waals surface area contributed by atoms with Crippen molar-refractivity contribution in [2.75, 3.05) is 36.4 Å². The average molecular weight is 413 g/mol. The molecule has 31 heavy (non-hydrogen) atoms. The van der Waals surface area contributed by atoms with Crippen LogP contribution in [0.15, 0.2) is 67.0 Å². The highest BCUT2D eigenvalue weighted by Crippen LogP contribution is 2.25. The summed E-state index contributed by atoms with van der Waals surface area (Å²) in [4.78, 5) is 23.2. The molecule has 0 radical (unpaired) electrons. The van der Waals surface area contributed by atoms with E-state index in [-0.39, 0.29) is 0 Å². The number of fused-ring (bicyclic) bond motifs is 1. The lowest BCUT2D eigenvalue weighted by atomic mass is 10.2. The Morgan fingerprint density at radius 1 is 1.03 bits per heavy atom. The van der Waals surface area contributed by atoms with Gasteiger partial charge in [-0.3, -0.25) is 4.79 Å². The molecule has 1 aliphatic rings. The molecule has 2 aromatic heterocycles. The van der Waals surface area contributed by atoms with Crippen molar-refractivity contribution < 1.29 is 4.79 Å². The molecule has 156 valence electrons. The van der Waals surface area contributed by atoms with E-state index in [2.05, 4.69) is 37.6 Å². The molecule has 4 aromatic rings. The molecule has 0 unspecified atom stereocenters. The molecule has 1 saturated heterocycles. The van der Waals surface area contributed by atoms with E-state index in [0.717, 1.165) is 42.8 Å². The molecular formula is C23H23N7O. The van der Waals surface area contributed by atoms with Gasteiger partial charge in [0.2, 0.25) is 5.95 Å². The van der Waals surface area contributed by atoms with Crippen molar-refractivity contribution in [3.8, 4) is 5.82 Å². The molecule has 1 aliphatic heterocycles. The van der Waals surface area contributed by atoms with Crippen LogP contribution in [0.2, 0.25) is 0 Å². The molecular weight excluding hydrogens is 390 g/mol. The molecule has 2 aromatic carbocycles. The molecule has 1 fully saturated rings. The predicted octanol–water partition coefficient (Wildman–Crippen LogP) is 2.67. The molecule has 0 saturated carbocycles. The summed E-state index contributed by atoms with van der Waals surface area (Å²) < 4.78 is 1.86. The number of hydrogen-bond acceptors (Lipinski definition) is 6. The first-order valence-corrected chi connectivity index (χ1v) is 10.2. The zero-order valence-corrected chi connectivity index (χ0v) is 17.0. The van der Waals surface area contributed by atoms with Crippen LogP contribution < -0.4 is 21.3 Å². The molecule has 4 N–H and O–H groups in total. The number of hydrogen-bond donors (Lipinski definition) is 3. The summed E-state index contributed by atoms with van der Waals surface area (Å²) in [5, 5.41) is 7.43. The van der Waals surface area contributed by atoms with Crippen molar-refractivity contribution >= 4 is 34.1 Å². The third-order valence-electron chi connectivity index (χ3n) is 5.47. The topological polar surface area (TPSA) is 101 Å². The Bertz CT molecular complexity index is 1230. The minimum Gasteiger partial charge on any atom is -0.369 e. The summed E-state index contributed by atoms with van der Waals surface area (Å²) in [5.74, 6) is 0.663. The van der Waals surface area contributed by atoms with Gasteiger partial charge in [0.25, 0.3) is 5.91 Å². The van der Waals surface area contributed by atoms with Gasteiger partial charge in [-0.05, 0) is 36.4 Å². The van der Waals surface area contributed by atoms with E-state index in [1.165, 1.54) is 5.69 Å². The molecule has 0 spiro atoms. The Labute approximate surface area is 179 Å². The highest BCUT2D eigenvalue weighted by atomic mass is 16.1. The maximum absolute atomic E-state index is 11.9. The van der Waals surface area contributed by atoms with Crippen molar-refractivity contribution in [2.24, 2.45) is 5.73 Å². The van der Waals surface area contributed by atoms with Crippen LogP contribution in [0.4, 0.5) is 17.3 Å². The number of carbonyl (C=O) groups excluding carboxylic acids is 1. The summed E-state index contributed by atoms with van der Waals surface area (Å²) in [5.41, 5.74) is 9.01. The predicted molar refractivity (Wildman–Crippen MR) is 122 cm³/mol. The van der Waals surface area contributed by atoms with Gasteiger partial charge < -0.3 is 25.8 Å². The Hall–Kier alpha value is -3.91. The van der Waals surface area contributed by atoms with E-state index in [1.807, 2.05) is 41.0 Å². The second kappa shape index (κ2) is 8.08. The maximum Gasteiger partial charge on any atom is 0.250 e. The van der Waals surface area contributed by atoms with Crippen LogP contribution in [0, 0.1) is 0 Å². The van der Waals surface area contributed by atoms with Crippen molar-refractivity contribution in [3.63, 3.8) is 0 Å². The smallest absolute Gasteiger partial charge is 0.250 e. The lowest BCUT2D eigenvalue weighted by Crippen LogP contribution is -2.43. The fraction of sp³-hybridized carbons (Fsp3) is 0.174. The number of benzene rings is 2. The van der Waals surface area contributed by atoms with Crippen LogP contribution in [0.1, 0.15) is 10.4 Å². The van der Waals surface area contributed by atoms with E-state index in [1.54, 1.807) is 18.5 Å². The number of nitrogens with one attached hydrogen (secondary N) is 2. The van der Waals surface area contributed by atoms with Crippen LogP contribution in [0.3, 0.4) is 0 Å². The highest BCUT2D eigenvalue weighted by Gasteiger charge is 2.14. The first kappa shape index (κ1) is 19.1. The average Bonchev–Trinajstić information content (AvgIpc) is 3.21. The van der Waals surface area contributed by atoms with Crippen LogP contribution in [-0.4, -0.2) is 46.6 Å². The number of rotatable bonds is 5. The number of carbonyl (C=O) groups is 1. The van der Waals surface area contributed by atoms with Crippen LogP contribution in [-0.2, 0) is 0 Å². The van der Waals surface area contributed by atoms with Crippen LogP contribution in [0.25, 0.3) is 16.7 Å². The summed E-state index contributed by atoms with van der Waals surface area (Å²) >= 11 is 0. The quantitative estimate of drug-likeness (QED) is 0.465. The Morgan fingerprint density at radius 3 is 2.58 bits per heavy atom. The summed E-state index contributed by atoms with van der Waals surface area (Å²) in [6.07, 6.45) is 3.42. The summed E-state index contributed by atoms with van der Waals surface area (Å²) in [7, 11) is 0. The third kappa shape index (κ3) is 3.80. The highest BCUT2D eigenvalue weighted by molar-refractivity contribution is 6.06. The lowest BCUT2D eigenvalue weighted by molar-refractivity contribution is 0.100. The second-order valence-corrected chi connectivity index (χ2v) is 7.44. The van der Waals surface area contributed by atoms with E-state index in [4.69, 9.17) is 5.73 Å². The first-order chi connectivity index (χ1) is 15.2. The van der Waals surface area contributed by atoms with E-state index in [0.29, 0.717) is 17.3 Å². The minimum absolute atomic E-state index is 0.465. The van der Waals surface area contributed by atoms with Crippen molar-refractivity contribution in [1.29, 1.82) is 0 Å². The van der Waals surface area contributed by atoms with Gasteiger partial charge in [-0.15, -0.1) is 0 Å². The first-order valence-electron chi connectivity index (χ1n) is 10.2. The normalized spacial score (nSPS) is 14.0. The van der Waals surface area contributed by atoms with Crippen molar-refractivity contribution in [1.82, 2.24) is 19.9 Å². The molecule has 0 atom stereocenters. The van der Waals surface area contributed by atoms with Gasteiger partial charge in [0.05, 0.1) is 11.1 Å². The number of nitrogens with zero attached hydrogens (tertiary/aromatic N) is 4. The third-order valence-corrected chi connectivity index (χ3v) is 5.47. The largest absolute Gasteiger partial charge is 0.369 e. The minimum atomic E-state index is -0.466. The number of amides is 1. The lowest BCUT2D eigenvalue weighted by Gasteiger charge is -2.29. The molecule has 1 amide bonds. The van der Waals surface area contributed by atoms with E-state index >= 15 is 0 Å². The van der Waals surface area contributed by atoms with Gasteiger partial charge in [0, 0.05) is 55.3 Å². The number of nitrogens with two attached hydrogens (primary N) is 1. The molecule has 8 nitrogen and oxygen atoms in total. The van der Waals surface area contributed by atoms with Crippen molar-refractivity contribution in [3.05, 3.63) is 72.6 Å². The summed E-state index contributed by atoms with van der Waals surface area (Å²) in [6, 6.07) is 17.7. The van der Waals surface area contributed by atoms with E-state index in [9.17, 15) is 4.79 Å². The fourth-order valence-electron chi connectivity index (χ4n) is 3.92. The molecule has 5 rings (SSSR count). The fourth-order valence-corrected chi connectivity index (χ4v) is 3.92. The SMILES string of the molecule is NC(=O)c1cn(-c2ccnc(Nc3ccc(N4CCNCC4)cc3)n2)c2ccccc12. The summed E-state index contributed by atoms with van der Waals surface area (Å²) in [6.45, 7) is 4.03. The van der Waals surface area contributed by atoms with Gasteiger partial charge in [-0.2, -0.15) is 4.98 Å². The van der Waals surface area contributed by atoms with Gasteiger partial charge in [0.15, 0.2) is 0 Å². The number of primary amides is 1. The maximum atomic E-state index is 11.9. The van der Waals surface area contributed by atoms with Gasteiger partial charge >= 0.3 is 0 Å². The van der Waals surface area contributed by atoms with Gasteiger partial charge in [-0.1, -0.05) is 18.2 Å². The molecule has 3 heterocycles. The Balaban J connectivity index is 1.41. The number of anilines is 3. The van der Waals surface area contributed by atoms with Crippen molar-refractivity contribution in [2.45, 2.75) is 0 Å². The Kier molecular flexibility index (Phi) is 4.97. The number of aromatic nitrogens is 3. The molecule has 8 heteroatoms. The van der Waals surface area contributed by atoms with Crippen LogP contribution >= 0.6 is 0 Å². The molecule has 0 aliphatic carbocycles. The second-order valence-electron chi connectivity index (χ2n) is 7.44. The monoisotopic (exact) mass is 413 g/mol. The Morgan fingerprint density at radius 2 is 1.81 bits per heavy atom. The van der Waals surface area contributed by atoms with Gasteiger partial charge in [0.1, 0.15) is 5.82 Å². The van der Waals surface area contributed by atoms with Crippen LogP contribution in [0.5, 0.6) is 0 Å². The zero-order valence-electron chi connectivity index (χ0n) is 17.0. The number of para-hydroxylation sites is 1. The zero-order chi connectivity index (χ0) is 21.2. The standard InChI is InChI=1S/C23H23N7O/c24-22(31)19-15-30(20-4-2-1-3-18(19)20)21-9-10-26-23(28-21)27-16-5-7-17(8-6-16)29-13-11-25-12-14-29/h1-10,15,25H,11-14H2,(H2,24,31)(H,26,27,28). The molecule has 0 bridgehead atoms. The van der Waals surface area contributed by atoms with Gasteiger partial charge in [-0.25, -0.2) is 4.98 Å². The van der Waals surface area contributed by atoms with E-state index < -0.39 is 5.91 Å².